The topological polar surface area (TPSA) is 34.1 Å². The van der Waals surface area contributed by atoms with Gasteiger partial charge < -0.3 is 0 Å². The van der Waals surface area contributed by atoms with E-state index in [-0.39, 0.29) is 13.5 Å². The molecule has 0 heterocycles. The quantitative estimate of drug-likeness (QED) is 0.465. The Labute approximate surface area is 39.2 Å². The third kappa shape index (κ3) is 17.4. The summed E-state index contributed by atoms with van der Waals surface area (Å²) < 4.78 is 17.0. The first-order valence-corrected chi connectivity index (χ1v) is 1.97. The predicted molar refractivity (Wildman–Crippen MR) is 11.8 cm³/mol. The summed E-state index contributed by atoms with van der Waals surface area (Å²) >= 11 is -2.03. The van der Waals surface area contributed by atoms with Crippen molar-refractivity contribution < 1.29 is 25.3 Å². The maximum atomic E-state index is 8.50. The molecule has 2 nitrogen and oxygen atoms in total. The molecule has 26 valence electrons. The summed E-state index contributed by atoms with van der Waals surface area (Å²) in [5.74, 6) is 0. The summed E-state index contributed by atoms with van der Waals surface area (Å²) in [5, 5.41) is 0. The van der Waals surface area contributed by atoms with Crippen molar-refractivity contribution in [1.82, 2.24) is 0 Å². The van der Waals surface area contributed by atoms with Crippen LogP contribution in [0.4, 0.5) is 0 Å². The van der Waals surface area contributed by atoms with E-state index in [2.05, 4.69) is 0 Å². The fourth-order valence-electron chi connectivity index (χ4n) is 0. The molecular formula is H2MoO2S. The molecule has 0 aromatic heterocycles. The van der Waals surface area contributed by atoms with Gasteiger partial charge in [-0.25, -0.2) is 0 Å². The molecule has 0 aliphatic heterocycles. The number of hydrogen-bond acceptors (Lipinski definition) is 2. The Kier molecular flexibility index (Phi) is 20.8. The first-order chi connectivity index (χ1) is 1.41. The molecule has 0 unspecified atom stereocenters. The second-order valence-electron chi connectivity index (χ2n) is 0.0680. The van der Waals surface area contributed by atoms with Gasteiger partial charge in [-0.3, -0.25) is 0 Å². The summed E-state index contributed by atoms with van der Waals surface area (Å²) in [6.45, 7) is 0. The Hall–Kier alpha value is 0.638. The van der Waals surface area contributed by atoms with Crippen molar-refractivity contribution in [2.75, 3.05) is 0 Å². The van der Waals surface area contributed by atoms with Crippen LogP contribution in [0.5, 0.6) is 0 Å². The molecule has 4 heteroatoms. The van der Waals surface area contributed by atoms with Crippen molar-refractivity contribution in [1.29, 1.82) is 0 Å². The monoisotopic (exact) mass is 164 g/mol. The standard InChI is InChI=1S/Mo.2O.H2S/h;;;1H2. The molecule has 0 atom stereocenters. The molecular weight excluding hydrogens is 160 g/mol. The van der Waals surface area contributed by atoms with Crippen molar-refractivity contribution in [3.05, 3.63) is 0 Å². The van der Waals surface area contributed by atoms with Crippen molar-refractivity contribution in [2.45, 2.75) is 0 Å². The average Bonchev–Trinajstić information content (AvgIpc) is 0.918. The Morgan fingerprint density at radius 1 is 1.25 bits per heavy atom. The van der Waals surface area contributed by atoms with Crippen LogP contribution in [0.2, 0.25) is 0 Å². The average molecular weight is 162 g/mol. The van der Waals surface area contributed by atoms with E-state index >= 15 is 0 Å². The van der Waals surface area contributed by atoms with Crippen LogP contribution in [-0.2, 0) is 25.3 Å². The Bertz CT molecular complexity index is 27.0. The van der Waals surface area contributed by atoms with Crippen molar-refractivity contribution >= 4 is 13.5 Å². The molecule has 0 rings (SSSR count). The zero-order chi connectivity index (χ0) is 2.71. The zero-order valence-electron chi connectivity index (χ0n) is 1.72. The molecule has 0 fully saturated rings. The maximum absolute atomic E-state index is 8.50. The van der Waals surface area contributed by atoms with Gasteiger partial charge in [0.05, 0.1) is 0 Å². The van der Waals surface area contributed by atoms with E-state index in [1.807, 2.05) is 0 Å². The molecule has 0 bridgehead atoms. The fraction of sp³-hybridized carbons (Fsp3) is 0. The van der Waals surface area contributed by atoms with E-state index in [4.69, 9.17) is 6.80 Å². The molecule has 0 aromatic rings. The van der Waals surface area contributed by atoms with E-state index in [9.17, 15) is 0 Å². The normalized spacial score (nSPS) is 3.00. The van der Waals surface area contributed by atoms with Gasteiger partial charge >= 0.3 is 25.3 Å². The second-order valence-corrected chi connectivity index (χ2v) is 0.403. The van der Waals surface area contributed by atoms with Gasteiger partial charge in [-0.2, -0.15) is 13.5 Å². The van der Waals surface area contributed by atoms with Crippen LogP contribution in [0.15, 0.2) is 0 Å². The minimum atomic E-state index is -2.03. The van der Waals surface area contributed by atoms with Crippen LogP contribution in [-0.4, -0.2) is 0 Å². The van der Waals surface area contributed by atoms with Crippen LogP contribution in [0.3, 0.4) is 0 Å². The van der Waals surface area contributed by atoms with Crippen LogP contribution in [0, 0.1) is 0 Å². The first kappa shape index (κ1) is 8.82. The Morgan fingerprint density at radius 3 is 1.25 bits per heavy atom. The van der Waals surface area contributed by atoms with Crippen LogP contribution in [0.25, 0.3) is 0 Å². The van der Waals surface area contributed by atoms with Crippen LogP contribution in [0.1, 0.15) is 0 Å². The molecule has 0 aliphatic rings. The van der Waals surface area contributed by atoms with E-state index in [1.165, 1.54) is 0 Å². The molecule has 0 saturated heterocycles. The molecule has 0 aliphatic carbocycles. The van der Waals surface area contributed by atoms with E-state index in [1.54, 1.807) is 0 Å². The van der Waals surface area contributed by atoms with Crippen molar-refractivity contribution in [3.63, 3.8) is 0 Å². The van der Waals surface area contributed by atoms with Gasteiger partial charge in [0.1, 0.15) is 0 Å². The van der Waals surface area contributed by atoms with Gasteiger partial charge in [-0.05, 0) is 0 Å². The van der Waals surface area contributed by atoms with E-state index in [0.717, 1.165) is 0 Å². The number of hydrogen-bond donors (Lipinski definition) is 0. The predicted octanol–water partition coefficient (Wildman–Crippen LogP) is -0.127. The molecule has 0 N–H and O–H groups in total. The SMILES string of the molecule is S.[O]=[Mo]=[O]. The van der Waals surface area contributed by atoms with Gasteiger partial charge in [0, 0.05) is 0 Å². The minimum absolute atomic E-state index is 0. The van der Waals surface area contributed by atoms with E-state index in [0.29, 0.717) is 0 Å². The fourth-order valence-corrected chi connectivity index (χ4v) is 0. The molecule has 0 aromatic carbocycles. The van der Waals surface area contributed by atoms with Crippen molar-refractivity contribution in [3.8, 4) is 0 Å². The summed E-state index contributed by atoms with van der Waals surface area (Å²) in [6, 6.07) is 0. The molecule has 0 amide bonds. The van der Waals surface area contributed by atoms with E-state index < -0.39 is 18.5 Å². The van der Waals surface area contributed by atoms with Crippen LogP contribution >= 0.6 is 13.5 Å². The molecule has 0 spiro atoms. The summed E-state index contributed by atoms with van der Waals surface area (Å²) in [4.78, 5) is 0. The molecule has 0 radical (unpaired) electrons. The molecule has 4 heavy (non-hydrogen) atoms. The summed E-state index contributed by atoms with van der Waals surface area (Å²) in [7, 11) is 0. The number of rotatable bonds is 0. The first-order valence-electron chi connectivity index (χ1n) is 0.333. The Balaban J connectivity index is 0. The van der Waals surface area contributed by atoms with Gasteiger partial charge in [0.2, 0.25) is 0 Å². The van der Waals surface area contributed by atoms with Gasteiger partial charge in [-0.15, -0.1) is 0 Å². The summed E-state index contributed by atoms with van der Waals surface area (Å²) in [6.07, 6.45) is 0. The molecule has 0 saturated carbocycles. The van der Waals surface area contributed by atoms with Gasteiger partial charge in [0.15, 0.2) is 0 Å². The summed E-state index contributed by atoms with van der Waals surface area (Å²) in [5.41, 5.74) is 0. The van der Waals surface area contributed by atoms with Gasteiger partial charge in [-0.1, -0.05) is 0 Å². The third-order valence-corrected chi connectivity index (χ3v) is 0. The third-order valence-electron chi connectivity index (χ3n) is 0. The second kappa shape index (κ2) is 9.44. The Morgan fingerprint density at radius 2 is 1.25 bits per heavy atom. The van der Waals surface area contributed by atoms with Crippen LogP contribution < -0.4 is 0 Å². The van der Waals surface area contributed by atoms with Crippen molar-refractivity contribution in [2.24, 2.45) is 0 Å². The zero-order valence-corrected chi connectivity index (χ0v) is 4.73. The van der Waals surface area contributed by atoms with Gasteiger partial charge in [0.25, 0.3) is 0 Å².